The summed E-state index contributed by atoms with van der Waals surface area (Å²) >= 11 is 1.40. The zero-order chi connectivity index (χ0) is 14.5. The maximum atomic E-state index is 11.8. The minimum atomic E-state index is -3.72. The van der Waals surface area contributed by atoms with Gasteiger partial charge in [0.15, 0.2) is 0 Å². The first kappa shape index (κ1) is 16.3. The van der Waals surface area contributed by atoms with E-state index in [0.717, 1.165) is 0 Å². The second-order valence-corrected chi connectivity index (χ2v) is 7.24. The van der Waals surface area contributed by atoms with Crippen LogP contribution in [0.5, 0.6) is 0 Å². The number of sulfonamides is 1. The van der Waals surface area contributed by atoms with Gasteiger partial charge in [0.2, 0.25) is 10.0 Å². The number of nitrogens with one attached hydrogen (secondary N) is 1. The van der Waals surface area contributed by atoms with Crippen LogP contribution in [0.1, 0.15) is 19.3 Å². The molecule has 1 unspecified atom stereocenters. The number of carboxylic acids is 1. The number of carbonyl (C=O) groups excluding carboxylic acids is 1. The molecular weight excluding hydrogens is 294 g/mol. The molecule has 1 rings (SSSR count). The molecule has 110 valence electrons. The maximum absolute atomic E-state index is 11.8. The van der Waals surface area contributed by atoms with Gasteiger partial charge in [-0.15, -0.1) is 0 Å². The van der Waals surface area contributed by atoms with Crippen molar-refractivity contribution in [3.05, 3.63) is 0 Å². The fraction of sp³-hybridized carbons (Fsp3) is 0.800. The summed E-state index contributed by atoms with van der Waals surface area (Å²) in [6, 6.07) is 0. The molecule has 1 heterocycles. The van der Waals surface area contributed by atoms with Crippen LogP contribution in [0.4, 0.5) is 0 Å². The third-order valence-electron chi connectivity index (χ3n) is 2.80. The Morgan fingerprint density at radius 1 is 1.47 bits per heavy atom. The Kier molecular flexibility index (Phi) is 5.63. The van der Waals surface area contributed by atoms with Crippen molar-refractivity contribution in [2.24, 2.45) is 0 Å². The molecule has 0 aromatic rings. The molecule has 7 nitrogen and oxygen atoms in total. The summed E-state index contributed by atoms with van der Waals surface area (Å²) in [7, 11) is -2.50. The molecule has 1 aliphatic heterocycles. The van der Waals surface area contributed by atoms with Gasteiger partial charge in [-0.2, -0.15) is 16.5 Å². The van der Waals surface area contributed by atoms with Crippen LogP contribution in [0, 0.1) is 0 Å². The Morgan fingerprint density at radius 2 is 2.16 bits per heavy atom. The van der Waals surface area contributed by atoms with Gasteiger partial charge >= 0.3 is 11.9 Å². The molecule has 1 fully saturated rings. The monoisotopic (exact) mass is 311 g/mol. The molecule has 0 amide bonds. The van der Waals surface area contributed by atoms with E-state index in [0.29, 0.717) is 5.75 Å². The lowest BCUT2D eigenvalue weighted by Gasteiger charge is -2.24. The molecule has 1 saturated heterocycles. The first-order chi connectivity index (χ1) is 8.81. The summed E-state index contributed by atoms with van der Waals surface area (Å²) in [6.45, 7) is 0. The van der Waals surface area contributed by atoms with Crippen molar-refractivity contribution >= 4 is 33.7 Å². The normalized spacial score (nSPS) is 23.2. The molecule has 0 aromatic heterocycles. The van der Waals surface area contributed by atoms with E-state index in [1.165, 1.54) is 18.9 Å². The van der Waals surface area contributed by atoms with Gasteiger partial charge in [-0.3, -0.25) is 9.59 Å². The minimum absolute atomic E-state index is 0.00771. The molecule has 0 aliphatic carbocycles. The highest BCUT2D eigenvalue weighted by atomic mass is 32.2. The highest BCUT2D eigenvalue weighted by molar-refractivity contribution is 7.99. The van der Waals surface area contributed by atoms with Crippen molar-refractivity contribution in [1.82, 2.24) is 4.72 Å². The van der Waals surface area contributed by atoms with Crippen LogP contribution in [0.3, 0.4) is 0 Å². The average molecular weight is 311 g/mol. The third-order valence-corrected chi connectivity index (χ3v) is 5.52. The van der Waals surface area contributed by atoms with Gasteiger partial charge < -0.3 is 9.84 Å². The van der Waals surface area contributed by atoms with E-state index in [4.69, 9.17) is 5.11 Å². The molecule has 1 aliphatic rings. The van der Waals surface area contributed by atoms with Crippen molar-refractivity contribution in [3.8, 4) is 0 Å². The smallest absolute Gasteiger partial charge is 0.325 e. The molecule has 19 heavy (non-hydrogen) atoms. The lowest BCUT2D eigenvalue weighted by atomic mass is 10.0. The van der Waals surface area contributed by atoms with Crippen molar-refractivity contribution in [2.75, 3.05) is 24.4 Å². The van der Waals surface area contributed by atoms with Crippen LogP contribution in [-0.4, -0.2) is 55.4 Å². The number of aliphatic carboxylic acids is 1. The summed E-state index contributed by atoms with van der Waals surface area (Å²) < 4.78 is 30.3. The first-order valence-corrected chi connectivity index (χ1v) is 8.52. The topological polar surface area (TPSA) is 110 Å². The van der Waals surface area contributed by atoms with E-state index < -0.39 is 27.5 Å². The highest BCUT2D eigenvalue weighted by Crippen LogP contribution is 2.29. The molecule has 0 saturated carbocycles. The Morgan fingerprint density at radius 3 is 2.63 bits per heavy atom. The summed E-state index contributed by atoms with van der Waals surface area (Å²) in [5.41, 5.74) is -1.41. The number of thioether (sulfide) groups is 1. The first-order valence-electron chi connectivity index (χ1n) is 5.71. The second kappa shape index (κ2) is 6.58. The third kappa shape index (κ3) is 4.66. The van der Waals surface area contributed by atoms with Crippen LogP contribution in [-0.2, 0) is 24.3 Å². The number of hydrogen-bond acceptors (Lipinski definition) is 6. The SMILES string of the molecule is COC(=O)CCCS(=O)(=O)NC1(C(=O)O)CCSC1. The van der Waals surface area contributed by atoms with Crippen molar-refractivity contribution < 1.29 is 27.9 Å². The Hall–Kier alpha value is -0.800. The number of carbonyl (C=O) groups is 2. The number of esters is 1. The maximum Gasteiger partial charge on any atom is 0.325 e. The summed E-state index contributed by atoms with van der Waals surface area (Å²) in [5.74, 6) is -1.11. The number of hydrogen-bond donors (Lipinski definition) is 2. The number of ether oxygens (including phenoxy) is 1. The summed E-state index contributed by atoms with van der Waals surface area (Å²) in [6.07, 6.45) is 0.361. The molecule has 0 bridgehead atoms. The highest BCUT2D eigenvalue weighted by Gasteiger charge is 2.44. The molecule has 0 radical (unpaired) electrons. The quantitative estimate of drug-likeness (QED) is 0.627. The van der Waals surface area contributed by atoms with Crippen molar-refractivity contribution in [1.29, 1.82) is 0 Å². The zero-order valence-corrected chi connectivity index (χ0v) is 12.2. The Bertz CT molecular complexity index is 441. The predicted octanol–water partition coefficient (Wildman–Crippen LogP) is -0.181. The molecule has 0 spiro atoms. The lowest BCUT2D eigenvalue weighted by molar-refractivity contribution is -0.143. The van der Waals surface area contributed by atoms with Crippen LogP contribution in [0.25, 0.3) is 0 Å². The molecule has 1 atom stereocenters. The van der Waals surface area contributed by atoms with E-state index in [2.05, 4.69) is 9.46 Å². The standard InChI is InChI=1S/C10H17NO6S2/c1-17-8(12)3-2-6-19(15,16)11-10(9(13)14)4-5-18-7-10/h11H,2-7H2,1H3,(H,13,14). The van der Waals surface area contributed by atoms with Crippen LogP contribution in [0.2, 0.25) is 0 Å². The number of rotatable bonds is 7. The van der Waals surface area contributed by atoms with Gasteiger partial charge in [-0.05, 0) is 18.6 Å². The fourth-order valence-electron chi connectivity index (χ4n) is 1.72. The van der Waals surface area contributed by atoms with Gasteiger partial charge in [-0.25, -0.2) is 8.42 Å². The Balaban J connectivity index is 2.58. The Labute approximate surface area is 116 Å². The van der Waals surface area contributed by atoms with E-state index >= 15 is 0 Å². The fourth-order valence-corrected chi connectivity index (χ4v) is 4.62. The summed E-state index contributed by atoms with van der Waals surface area (Å²) in [4.78, 5) is 22.1. The van der Waals surface area contributed by atoms with Crippen molar-refractivity contribution in [2.45, 2.75) is 24.8 Å². The average Bonchev–Trinajstić information content (AvgIpc) is 2.77. The van der Waals surface area contributed by atoms with Gasteiger partial charge in [0.1, 0.15) is 5.54 Å². The van der Waals surface area contributed by atoms with Gasteiger partial charge in [0, 0.05) is 12.2 Å². The zero-order valence-electron chi connectivity index (χ0n) is 10.5. The number of carboxylic acid groups (broad SMARTS) is 1. The van der Waals surface area contributed by atoms with E-state index in [-0.39, 0.29) is 30.8 Å². The van der Waals surface area contributed by atoms with Gasteiger partial charge in [-0.1, -0.05) is 0 Å². The minimum Gasteiger partial charge on any atom is -0.480 e. The largest absolute Gasteiger partial charge is 0.480 e. The van der Waals surface area contributed by atoms with Crippen LogP contribution >= 0.6 is 11.8 Å². The predicted molar refractivity (Wildman–Crippen MR) is 70.5 cm³/mol. The van der Waals surface area contributed by atoms with Gasteiger partial charge in [0.25, 0.3) is 0 Å². The molecule has 2 N–H and O–H groups in total. The molecular formula is C10H17NO6S2. The van der Waals surface area contributed by atoms with Gasteiger partial charge in [0.05, 0.1) is 12.9 Å². The number of methoxy groups -OCH3 is 1. The van der Waals surface area contributed by atoms with E-state index in [1.807, 2.05) is 0 Å². The lowest BCUT2D eigenvalue weighted by Crippen LogP contribution is -2.55. The van der Waals surface area contributed by atoms with Crippen LogP contribution in [0.15, 0.2) is 0 Å². The van der Waals surface area contributed by atoms with E-state index in [1.54, 1.807) is 0 Å². The van der Waals surface area contributed by atoms with Crippen molar-refractivity contribution in [3.63, 3.8) is 0 Å². The van der Waals surface area contributed by atoms with E-state index in [9.17, 15) is 18.0 Å². The second-order valence-electron chi connectivity index (χ2n) is 4.29. The summed E-state index contributed by atoms with van der Waals surface area (Å²) in [5, 5.41) is 9.16. The van der Waals surface area contributed by atoms with Crippen LogP contribution < -0.4 is 4.72 Å². The molecule has 0 aromatic carbocycles. The molecule has 9 heteroatoms.